The predicted octanol–water partition coefficient (Wildman–Crippen LogP) is 2.21. The van der Waals surface area contributed by atoms with Gasteiger partial charge in [-0.2, -0.15) is 0 Å². The third kappa shape index (κ3) is 2.65. The van der Waals surface area contributed by atoms with Gasteiger partial charge in [0.25, 0.3) is 0 Å². The third-order valence-electron chi connectivity index (χ3n) is 3.39. The maximum atomic E-state index is 13.3. The van der Waals surface area contributed by atoms with Crippen molar-refractivity contribution < 1.29 is 9.13 Å². The number of nitrogens with two attached hydrogens (primary N) is 1. The van der Waals surface area contributed by atoms with Crippen LogP contribution < -0.4 is 11.3 Å². The van der Waals surface area contributed by atoms with Crippen LogP contribution in [0.2, 0.25) is 0 Å². The lowest BCUT2D eigenvalue weighted by molar-refractivity contribution is 0.0314. The van der Waals surface area contributed by atoms with Crippen LogP contribution in [-0.2, 0) is 4.74 Å². The second kappa shape index (κ2) is 5.12. The number of aryl methyl sites for hydroxylation is 1. The van der Waals surface area contributed by atoms with Gasteiger partial charge in [-0.15, -0.1) is 0 Å². The van der Waals surface area contributed by atoms with E-state index in [1.807, 2.05) is 13.8 Å². The van der Waals surface area contributed by atoms with Crippen LogP contribution in [0.5, 0.6) is 0 Å². The molecule has 1 heterocycles. The molecule has 0 bridgehead atoms. The Balaban J connectivity index is 2.25. The smallest absolute Gasteiger partial charge is 0.123 e. The molecule has 94 valence electrons. The summed E-state index contributed by atoms with van der Waals surface area (Å²) in [4.78, 5) is 0. The van der Waals surface area contributed by atoms with Crippen LogP contribution >= 0.6 is 0 Å². The molecule has 0 spiro atoms. The fourth-order valence-corrected chi connectivity index (χ4v) is 2.42. The summed E-state index contributed by atoms with van der Waals surface area (Å²) in [6, 6.07) is 4.63. The van der Waals surface area contributed by atoms with Crippen LogP contribution in [0.3, 0.4) is 0 Å². The molecule has 2 rings (SSSR count). The zero-order valence-electron chi connectivity index (χ0n) is 10.2. The summed E-state index contributed by atoms with van der Waals surface area (Å²) >= 11 is 0. The molecule has 17 heavy (non-hydrogen) atoms. The first kappa shape index (κ1) is 12.5. The molecule has 1 saturated heterocycles. The fraction of sp³-hybridized carbons (Fsp3) is 0.538. The van der Waals surface area contributed by atoms with Crippen LogP contribution in [0, 0.1) is 12.7 Å². The molecule has 0 aliphatic carbocycles. The van der Waals surface area contributed by atoms with Gasteiger partial charge in [0.1, 0.15) is 5.82 Å². The van der Waals surface area contributed by atoms with E-state index in [2.05, 4.69) is 5.43 Å². The van der Waals surface area contributed by atoms with Crippen molar-refractivity contribution in [2.45, 2.75) is 44.9 Å². The minimum atomic E-state index is -0.239. The molecule has 1 aromatic carbocycles. The lowest BCUT2D eigenvalue weighted by atomic mass is 9.96. The molecule has 1 aromatic rings. The molecule has 1 fully saturated rings. The van der Waals surface area contributed by atoms with Crippen LogP contribution in [0.1, 0.15) is 36.9 Å². The monoisotopic (exact) mass is 238 g/mol. The first-order valence-corrected chi connectivity index (χ1v) is 5.99. The number of hydrazine groups is 1. The zero-order chi connectivity index (χ0) is 12.4. The van der Waals surface area contributed by atoms with Crippen LogP contribution in [-0.4, -0.2) is 12.2 Å². The van der Waals surface area contributed by atoms with Gasteiger partial charge in [-0.05, 0) is 49.9 Å². The van der Waals surface area contributed by atoms with Crippen molar-refractivity contribution in [1.29, 1.82) is 0 Å². The number of rotatable bonds is 3. The van der Waals surface area contributed by atoms with Gasteiger partial charge < -0.3 is 4.74 Å². The predicted molar refractivity (Wildman–Crippen MR) is 64.8 cm³/mol. The minimum Gasteiger partial charge on any atom is -0.373 e. The van der Waals surface area contributed by atoms with Crippen molar-refractivity contribution in [2.24, 2.45) is 5.84 Å². The van der Waals surface area contributed by atoms with Crippen molar-refractivity contribution in [3.8, 4) is 0 Å². The van der Waals surface area contributed by atoms with Gasteiger partial charge in [0.05, 0.1) is 18.2 Å². The Kier molecular flexibility index (Phi) is 3.76. The number of nitrogens with one attached hydrogen (secondary N) is 1. The normalized spacial score (nSPS) is 26.1. The van der Waals surface area contributed by atoms with E-state index in [9.17, 15) is 4.39 Å². The summed E-state index contributed by atoms with van der Waals surface area (Å²) in [6.07, 6.45) is 2.25. The van der Waals surface area contributed by atoms with Crippen LogP contribution in [0.15, 0.2) is 18.2 Å². The molecule has 0 saturated carbocycles. The highest BCUT2D eigenvalue weighted by atomic mass is 19.1. The summed E-state index contributed by atoms with van der Waals surface area (Å²) < 4.78 is 19.1. The highest BCUT2D eigenvalue weighted by molar-refractivity contribution is 5.30. The lowest BCUT2D eigenvalue weighted by Gasteiger charge is -2.24. The molecule has 0 amide bonds. The quantitative estimate of drug-likeness (QED) is 0.627. The van der Waals surface area contributed by atoms with E-state index in [0.29, 0.717) is 0 Å². The standard InChI is InChI=1S/C13H19FN2O/c1-8-3-5-10(14)7-11(8)13(16-15)12-6-4-9(2)17-12/h3,5,7,9,12-13,16H,4,6,15H2,1-2H3. The van der Waals surface area contributed by atoms with E-state index in [4.69, 9.17) is 10.6 Å². The summed E-state index contributed by atoms with van der Waals surface area (Å²) in [5, 5.41) is 0. The summed E-state index contributed by atoms with van der Waals surface area (Å²) in [5.74, 6) is 5.36. The second-order valence-electron chi connectivity index (χ2n) is 4.71. The van der Waals surface area contributed by atoms with Crippen molar-refractivity contribution >= 4 is 0 Å². The molecular weight excluding hydrogens is 219 g/mol. The molecule has 0 aromatic heterocycles. The van der Waals surface area contributed by atoms with Crippen molar-refractivity contribution in [3.05, 3.63) is 35.1 Å². The van der Waals surface area contributed by atoms with Gasteiger partial charge in [-0.1, -0.05) is 6.07 Å². The molecular formula is C13H19FN2O. The number of hydrogen-bond donors (Lipinski definition) is 2. The average Bonchev–Trinajstić information content (AvgIpc) is 2.71. The summed E-state index contributed by atoms with van der Waals surface area (Å²) in [6.45, 7) is 4.00. The number of benzene rings is 1. The Morgan fingerprint density at radius 3 is 2.82 bits per heavy atom. The van der Waals surface area contributed by atoms with Crippen LogP contribution in [0.25, 0.3) is 0 Å². The Hall–Kier alpha value is -0.970. The number of hydrogen-bond acceptors (Lipinski definition) is 3. The average molecular weight is 238 g/mol. The number of ether oxygens (including phenoxy) is 1. The summed E-state index contributed by atoms with van der Waals surface area (Å²) in [5.41, 5.74) is 4.66. The molecule has 4 heteroatoms. The summed E-state index contributed by atoms with van der Waals surface area (Å²) in [7, 11) is 0. The van der Waals surface area contributed by atoms with E-state index in [-0.39, 0.29) is 24.1 Å². The second-order valence-corrected chi connectivity index (χ2v) is 4.71. The zero-order valence-corrected chi connectivity index (χ0v) is 10.2. The van der Waals surface area contributed by atoms with E-state index in [0.717, 1.165) is 24.0 Å². The van der Waals surface area contributed by atoms with Crippen molar-refractivity contribution in [1.82, 2.24) is 5.43 Å². The highest BCUT2D eigenvalue weighted by Gasteiger charge is 2.30. The lowest BCUT2D eigenvalue weighted by Crippen LogP contribution is -2.37. The molecule has 1 aliphatic heterocycles. The molecule has 3 unspecified atom stereocenters. The van der Waals surface area contributed by atoms with E-state index >= 15 is 0 Å². The molecule has 1 aliphatic rings. The minimum absolute atomic E-state index is 0.0236. The van der Waals surface area contributed by atoms with Gasteiger partial charge in [-0.3, -0.25) is 11.3 Å². The largest absolute Gasteiger partial charge is 0.373 e. The Morgan fingerprint density at radius 2 is 2.24 bits per heavy atom. The molecule has 3 nitrogen and oxygen atoms in total. The van der Waals surface area contributed by atoms with Gasteiger partial charge in [0.15, 0.2) is 0 Å². The molecule has 0 radical (unpaired) electrons. The topological polar surface area (TPSA) is 47.3 Å². The van der Waals surface area contributed by atoms with Crippen molar-refractivity contribution in [2.75, 3.05) is 0 Å². The SMILES string of the molecule is Cc1ccc(F)cc1C(NN)C1CCC(C)O1. The maximum absolute atomic E-state index is 13.3. The highest BCUT2D eigenvalue weighted by Crippen LogP contribution is 2.31. The van der Waals surface area contributed by atoms with E-state index in [1.165, 1.54) is 12.1 Å². The van der Waals surface area contributed by atoms with E-state index < -0.39 is 0 Å². The van der Waals surface area contributed by atoms with Gasteiger partial charge in [-0.25, -0.2) is 4.39 Å². The molecule has 3 N–H and O–H groups in total. The van der Waals surface area contributed by atoms with Crippen molar-refractivity contribution in [3.63, 3.8) is 0 Å². The third-order valence-corrected chi connectivity index (χ3v) is 3.39. The Morgan fingerprint density at radius 1 is 1.47 bits per heavy atom. The van der Waals surface area contributed by atoms with Gasteiger partial charge in [0.2, 0.25) is 0 Å². The first-order chi connectivity index (χ1) is 8.11. The fourth-order valence-electron chi connectivity index (χ4n) is 2.42. The van der Waals surface area contributed by atoms with Crippen LogP contribution in [0.4, 0.5) is 4.39 Å². The first-order valence-electron chi connectivity index (χ1n) is 5.99. The molecule has 3 atom stereocenters. The maximum Gasteiger partial charge on any atom is 0.123 e. The number of halogens is 1. The van der Waals surface area contributed by atoms with Gasteiger partial charge >= 0.3 is 0 Å². The Bertz CT molecular complexity index is 397. The Labute approximate surface area is 101 Å². The van der Waals surface area contributed by atoms with E-state index in [1.54, 1.807) is 6.07 Å². The van der Waals surface area contributed by atoms with Gasteiger partial charge in [0, 0.05) is 0 Å².